The van der Waals surface area contributed by atoms with Gasteiger partial charge in [0.2, 0.25) is 11.9 Å². The molecular formula is C32H42N10O2. The van der Waals surface area contributed by atoms with Gasteiger partial charge in [-0.05, 0) is 51.7 Å². The number of carbonyl (C=O) groups excluding carboxylic acids is 1. The number of hydrogen-bond acceptors (Lipinski definition) is 10. The molecule has 0 aliphatic carbocycles. The van der Waals surface area contributed by atoms with Crippen LogP contribution in [0, 0.1) is 6.92 Å². The molecule has 12 nitrogen and oxygen atoms in total. The van der Waals surface area contributed by atoms with Crippen LogP contribution < -0.4 is 20.9 Å². The Morgan fingerprint density at radius 3 is 2.48 bits per heavy atom. The Kier molecular flexibility index (Phi) is 10.0. The Morgan fingerprint density at radius 1 is 1.05 bits per heavy atom. The Morgan fingerprint density at radius 2 is 1.77 bits per heavy atom. The third-order valence-corrected chi connectivity index (χ3v) is 7.70. The molecule has 0 spiro atoms. The van der Waals surface area contributed by atoms with Gasteiger partial charge in [0.05, 0.1) is 24.6 Å². The highest BCUT2D eigenvalue weighted by Gasteiger charge is 2.22. The number of likely N-dealkylation sites (N-methyl/N-ethyl adjacent to an activating group) is 1. The lowest BCUT2D eigenvalue weighted by Gasteiger charge is -2.38. The van der Waals surface area contributed by atoms with Crippen LogP contribution in [0.15, 0.2) is 59.9 Å². The number of anilines is 4. The average Bonchev–Trinajstić information content (AvgIpc) is 3.03. The maximum absolute atomic E-state index is 12.3. The van der Waals surface area contributed by atoms with Crippen molar-refractivity contribution in [1.82, 2.24) is 24.8 Å². The molecule has 3 aromatic rings. The van der Waals surface area contributed by atoms with Gasteiger partial charge in [-0.2, -0.15) is 0 Å². The second kappa shape index (κ2) is 14.3. The van der Waals surface area contributed by atoms with E-state index in [1.54, 1.807) is 18.5 Å². The van der Waals surface area contributed by atoms with Crippen molar-refractivity contribution in [2.75, 3.05) is 94.0 Å². The van der Waals surface area contributed by atoms with Crippen LogP contribution in [-0.2, 0) is 9.53 Å². The Labute approximate surface area is 259 Å². The minimum Gasteiger partial charge on any atom is -0.378 e. The van der Waals surface area contributed by atoms with Gasteiger partial charge in [0.1, 0.15) is 11.7 Å². The summed E-state index contributed by atoms with van der Waals surface area (Å²) in [6, 6.07) is 10.1. The summed E-state index contributed by atoms with van der Waals surface area (Å²) in [4.78, 5) is 39.6. The van der Waals surface area contributed by atoms with Crippen LogP contribution in [-0.4, -0.2) is 110 Å². The molecule has 5 rings (SSSR count). The fraction of sp³-hybridized carbons (Fsp3) is 0.406. The van der Waals surface area contributed by atoms with E-state index >= 15 is 0 Å². The third kappa shape index (κ3) is 8.08. The molecule has 44 heavy (non-hydrogen) atoms. The molecule has 1 aromatic carbocycles. The van der Waals surface area contributed by atoms with Crippen molar-refractivity contribution in [3.05, 3.63) is 60.4 Å². The molecule has 232 valence electrons. The normalized spacial score (nSPS) is 16.2. The van der Waals surface area contributed by atoms with Crippen LogP contribution in [0.4, 0.5) is 28.8 Å². The molecule has 2 aliphatic heterocycles. The number of carbonyl (C=O) groups is 1. The second-order valence-electron chi connectivity index (χ2n) is 11.3. The number of pyridine rings is 1. The van der Waals surface area contributed by atoms with Gasteiger partial charge in [0, 0.05) is 87.3 Å². The van der Waals surface area contributed by atoms with Crippen molar-refractivity contribution in [3.63, 3.8) is 0 Å². The summed E-state index contributed by atoms with van der Waals surface area (Å²) in [6.45, 7) is 11.1. The van der Waals surface area contributed by atoms with Crippen molar-refractivity contribution in [3.8, 4) is 11.3 Å². The van der Waals surface area contributed by atoms with Crippen LogP contribution in [0.2, 0.25) is 0 Å². The van der Waals surface area contributed by atoms with E-state index in [0.717, 1.165) is 84.8 Å². The molecule has 4 heterocycles. The van der Waals surface area contributed by atoms with Crippen molar-refractivity contribution in [2.24, 2.45) is 4.99 Å². The highest BCUT2D eigenvalue weighted by molar-refractivity contribution is 5.99. The smallest absolute Gasteiger partial charge is 0.248 e. The zero-order chi connectivity index (χ0) is 31.1. The van der Waals surface area contributed by atoms with Gasteiger partial charge in [-0.1, -0.05) is 12.1 Å². The predicted molar refractivity (Wildman–Crippen MR) is 177 cm³/mol. The first-order valence-corrected chi connectivity index (χ1v) is 15.0. The van der Waals surface area contributed by atoms with E-state index in [4.69, 9.17) is 20.4 Å². The van der Waals surface area contributed by atoms with Crippen LogP contribution >= 0.6 is 0 Å². The van der Waals surface area contributed by atoms with Crippen molar-refractivity contribution in [2.45, 2.75) is 13.8 Å². The highest BCUT2D eigenvalue weighted by atomic mass is 16.5. The fourth-order valence-electron chi connectivity index (χ4n) is 5.15. The molecule has 0 unspecified atom stereocenters. The molecule has 2 aliphatic rings. The molecule has 0 saturated carbocycles. The second-order valence-corrected chi connectivity index (χ2v) is 11.3. The fourth-order valence-corrected chi connectivity index (χ4v) is 5.15. The van der Waals surface area contributed by atoms with Crippen LogP contribution in [0.5, 0.6) is 0 Å². The van der Waals surface area contributed by atoms with Crippen LogP contribution in [0.3, 0.4) is 0 Å². The number of piperazine rings is 1. The summed E-state index contributed by atoms with van der Waals surface area (Å²) >= 11 is 0. The number of aryl methyl sites for hydroxylation is 1. The van der Waals surface area contributed by atoms with Crippen molar-refractivity contribution >= 4 is 40.6 Å². The lowest BCUT2D eigenvalue weighted by molar-refractivity contribution is -0.111. The van der Waals surface area contributed by atoms with E-state index in [0.29, 0.717) is 19.8 Å². The Balaban J connectivity index is 1.28. The molecule has 2 fully saturated rings. The van der Waals surface area contributed by atoms with E-state index in [-0.39, 0.29) is 11.9 Å². The zero-order valence-electron chi connectivity index (χ0n) is 26.0. The molecule has 12 heteroatoms. The number of nitrogen functional groups attached to an aromatic ring is 1. The number of aromatic nitrogens is 3. The molecule has 1 amide bonds. The number of hydrogen-bond donors (Lipinski definition) is 2. The van der Waals surface area contributed by atoms with Gasteiger partial charge in [0.25, 0.3) is 0 Å². The average molecular weight is 599 g/mol. The molecule has 2 aromatic heterocycles. The van der Waals surface area contributed by atoms with E-state index in [1.807, 2.05) is 57.1 Å². The first-order chi connectivity index (χ1) is 21.2. The minimum absolute atomic E-state index is 0.154. The lowest BCUT2D eigenvalue weighted by Crippen LogP contribution is -2.48. The third-order valence-electron chi connectivity index (χ3n) is 7.70. The summed E-state index contributed by atoms with van der Waals surface area (Å²) in [6.07, 6.45) is 6.85. The van der Waals surface area contributed by atoms with Gasteiger partial charge in [-0.25, -0.2) is 19.9 Å². The summed E-state index contributed by atoms with van der Waals surface area (Å²) in [5.41, 5.74) is 11.1. The molecule has 3 N–H and O–H groups in total. The topological polar surface area (TPSA) is 128 Å². The SMILES string of the molecule is CC(=Nc1cc(NC(=O)/C=C/CN(C)C)ccc1C)N1CCN(c2cc(-c3cnc(N)nc3)nc(N3CCOCC3)c2)CC1. The van der Waals surface area contributed by atoms with Gasteiger partial charge in [-0.3, -0.25) is 4.79 Å². The number of benzene rings is 1. The van der Waals surface area contributed by atoms with E-state index in [1.165, 1.54) is 0 Å². The van der Waals surface area contributed by atoms with Crippen molar-refractivity contribution in [1.29, 1.82) is 0 Å². The predicted octanol–water partition coefficient (Wildman–Crippen LogP) is 3.19. The highest BCUT2D eigenvalue weighted by Crippen LogP contribution is 2.29. The maximum Gasteiger partial charge on any atom is 0.248 e. The number of ether oxygens (including phenoxy) is 1. The first kappa shape index (κ1) is 30.9. The molecule has 0 atom stereocenters. The minimum atomic E-state index is -0.154. The zero-order valence-corrected chi connectivity index (χ0v) is 26.0. The summed E-state index contributed by atoms with van der Waals surface area (Å²) in [7, 11) is 3.93. The van der Waals surface area contributed by atoms with Crippen LogP contribution in [0.25, 0.3) is 11.3 Å². The number of morpholine rings is 1. The van der Waals surface area contributed by atoms with E-state index < -0.39 is 0 Å². The van der Waals surface area contributed by atoms with Crippen LogP contribution in [0.1, 0.15) is 12.5 Å². The lowest BCUT2D eigenvalue weighted by atomic mass is 10.1. The maximum atomic E-state index is 12.3. The summed E-state index contributed by atoms with van der Waals surface area (Å²) in [5.74, 6) is 1.96. The van der Waals surface area contributed by atoms with E-state index in [2.05, 4.69) is 42.1 Å². The number of nitrogens with two attached hydrogens (primary N) is 1. The monoisotopic (exact) mass is 598 g/mol. The quantitative estimate of drug-likeness (QED) is 0.227. The van der Waals surface area contributed by atoms with Gasteiger partial charge in [-0.15, -0.1) is 0 Å². The molecule has 0 radical (unpaired) electrons. The van der Waals surface area contributed by atoms with Crippen molar-refractivity contribution < 1.29 is 9.53 Å². The molecule has 2 saturated heterocycles. The molecule has 0 bridgehead atoms. The summed E-state index contributed by atoms with van der Waals surface area (Å²) in [5, 5.41) is 2.94. The number of rotatable bonds is 8. The largest absolute Gasteiger partial charge is 0.378 e. The first-order valence-electron chi connectivity index (χ1n) is 15.0. The van der Waals surface area contributed by atoms with Gasteiger partial charge >= 0.3 is 0 Å². The number of nitrogens with zero attached hydrogens (tertiary/aromatic N) is 8. The Bertz CT molecular complexity index is 1490. The van der Waals surface area contributed by atoms with Gasteiger partial charge < -0.3 is 35.4 Å². The van der Waals surface area contributed by atoms with Gasteiger partial charge in [0.15, 0.2) is 0 Å². The van der Waals surface area contributed by atoms with E-state index in [9.17, 15) is 4.79 Å². The number of amidine groups is 1. The number of aliphatic imine (C=N–C) groups is 1. The summed E-state index contributed by atoms with van der Waals surface area (Å²) < 4.78 is 5.57. The Hall–Kier alpha value is -4.55. The number of amides is 1. The number of nitrogens with one attached hydrogen (secondary N) is 1. The molecular weight excluding hydrogens is 556 g/mol. The standard InChI is InChI=1S/C32H42N10O2/c1-23-7-8-26(37-31(43)6-5-9-39(3)4)18-28(23)36-24(2)40-10-12-41(13-11-40)27-19-29(25-21-34-32(33)35-22-25)38-30(20-27)42-14-16-44-17-15-42/h5-8,18-22H,9-17H2,1-4H3,(H,37,43)(H2,33,34,35)/b6-5+,36-24?.